The summed E-state index contributed by atoms with van der Waals surface area (Å²) < 4.78 is 22.9. The first-order valence-corrected chi connectivity index (χ1v) is 16.6. The van der Waals surface area contributed by atoms with Crippen LogP contribution in [0.4, 0.5) is 0 Å². The summed E-state index contributed by atoms with van der Waals surface area (Å²) >= 11 is 0. The van der Waals surface area contributed by atoms with Crippen LogP contribution >= 0.6 is 0 Å². The predicted octanol–water partition coefficient (Wildman–Crippen LogP) is 7.12. The third-order valence-corrected chi connectivity index (χ3v) is 10.2. The molecular formula is C39H66N3O3+3. The molecule has 0 amide bonds. The summed E-state index contributed by atoms with van der Waals surface area (Å²) in [5.74, 6) is 0. The van der Waals surface area contributed by atoms with Crippen LogP contribution in [-0.4, -0.2) is 21.3 Å². The van der Waals surface area contributed by atoms with Gasteiger partial charge in [0.1, 0.15) is 26.2 Å². The molecule has 0 aliphatic heterocycles. The maximum absolute atomic E-state index is 5.28. The molecule has 0 aromatic carbocycles. The van der Waals surface area contributed by atoms with Crippen molar-refractivity contribution in [1.29, 1.82) is 0 Å². The second-order valence-electron chi connectivity index (χ2n) is 12.2. The van der Waals surface area contributed by atoms with Crippen LogP contribution in [0.3, 0.4) is 0 Å². The zero-order chi connectivity index (χ0) is 34.8. The summed E-state index contributed by atoms with van der Waals surface area (Å²) in [6.07, 6.45) is 0. The molecule has 3 rings (SSSR count). The van der Waals surface area contributed by atoms with Crippen LogP contribution in [-0.2, 0) is 53.7 Å². The molecule has 0 saturated carbocycles. The minimum atomic E-state index is 0.696. The lowest BCUT2D eigenvalue weighted by Crippen LogP contribution is -2.42. The van der Waals surface area contributed by atoms with E-state index >= 15 is 0 Å². The molecular weight excluding hydrogens is 558 g/mol. The lowest BCUT2D eigenvalue weighted by molar-refractivity contribution is -0.709. The molecule has 6 nitrogen and oxygen atoms in total. The van der Waals surface area contributed by atoms with Crippen LogP contribution in [0.15, 0.2) is 0 Å². The number of ether oxygens (including phenoxy) is 3. The van der Waals surface area contributed by atoms with E-state index in [4.69, 9.17) is 14.2 Å². The van der Waals surface area contributed by atoms with Gasteiger partial charge in [0, 0.05) is 89.3 Å². The smallest absolute Gasteiger partial charge is 0.210 e. The summed E-state index contributed by atoms with van der Waals surface area (Å²) in [5, 5.41) is 0. The fourth-order valence-electron chi connectivity index (χ4n) is 6.55. The van der Waals surface area contributed by atoms with E-state index in [1.165, 1.54) is 84.2 Å². The molecule has 0 atom stereocenters. The van der Waals surface area contributed by atoms with E-state index in [0.717, 1.165) is 19.6 Å². The van der Waals surface area contributed by atoms with Gasteiger partial charge in [0.2, 0.25) is 5.69 Å². The van der Waals surface area contributed by atoms with Gasteiger partial charge >= 0.3 is 0 Å². The lowest BCUT2D eigenvalue weighted by atomic mass is 10.0. The minimum Gasteiger partial charge on any atom is -0.380 e. The zero-order valence-electron chi connectivity index (χ0n) is 32.3. The van der Waals surface area contributed by atoms with Crippen molar-refractivity contribution >= 4 is 0 Å². The van der Waals surface area contributed by atoms with Gasteiger partial charge in [-0.3, -0.25) is 0 Å². The molecule has 0 aliphatic carbocycles. The molecule has 0 bridgehead atoms. The Balaban J connectivity index is 0.000000337. The summed E-state index contributed by atoms with van der Waals surface area (Å²) in [6, 6.07) is 0. The van der Waals surface area contributed by atoms with Gasteiger partial charge in [0.15, 0.2) is 28.5 Å². The Bertz CT molecular complexity index is 1430. The Kier molecular flexibility index (Phi) is 16.6. The van der Waals surface area contributed by atoms with Crippen LogP contribution in [0.2, 0.25) is 0 Å². The predicted molar refractivity (Wildman–Crippen MR) is 186 cm³/mol. The van der Waals surface area contributed by atoms with Crippen LogP contribution in [0.5, 0.6) is 0 Å². The molecule has 0 fully saturated rings. The minimum absolute atomic E-state index is 0.696. The van der Waals surface area contributed by atoms with Gasteiger partial charge in [-0.1, -0.05) is 0 Å². The number of methoxy groups -OCH3 is 3. The molecule has 6 heteroatoms. The number of aromatic nitrogens is 3. The third-order valence-electron chi connectivity index (χ3n) is 10.2. The first-order valence-electron chi connectivity index (χ1n) is 16.6. The average Bonchev–Trinajstić information content (AvgIpc) is 3.02. The molecule has 3 aromatic rings. The average molecular weight is 625 g/mol. The maximum atomic E-state index is 5.28. The van der Waals surface area contributed by atoms with Crippen molar-refractivity contribution in [2.24, 2.45) is 0 Å². The zero-order valence-corrected chi connectivity index (χ0v) is 32.3. The van der Waals surface area contributed by atoms with E-state index in [1.54, 1.807) is 21.3 Å². The fourth-order valence-corrected chi connectivity index (χ4v) is 6.55. The Morgan fingerprint density at radius 2 is 0.711 bits per heavy atom. The molecule has 0 N–H and O–H groups in total. The highest BCUT2D eigenvalue weighted by molar-refractivity contribution is 5.36. The molecule has 0 radical (unpaired) electrons. The second-order valence-corrected chi connectivity index (χ2v) is 12.2. The van der Waals surface area contributed by atoms with Crippen molar-refractivity contribution in [3.63, 3.8) is 0 Å². The SMILES string of the molecule is CC[n+]1c(C)c(C)c(C)c(C)c1COC.CC[n+]1c(C)c(C)c(C)c(COC)c1C.CC[n+]1c(C)c(C)c(COC)c(C)c1C. The second kappa shape index (κ2) is 18.5. The highest BCUT2D eigenvalue weighted by Gasteiger charge is 2.22. The van der Waals surface area contributed by atoms with Crippen molar-refractivity contribution in [3.8, 4) is 0 Å². The molecule has 0 saturated heterocycles. The highest BCUT2D eigenvalue weighted by atomic mass is 16.5. The summed E-state index contributed by atoms with van der Waals surface area (Å²) in [5.41, 5.74) is 20.4. The maximum Gasteiger partial charge on any atom is 0.210 e. The standard InChI is InChI=1S/3C13H22NO/c1-7-14-11(4)9(2)13(8-15-6)10(3)12(14)5;1-7-14-11(4)9(2)10(3)13(8-15-6)12(14)5;1-7-14-12(5)10(3)9(2)11(4)13(14)8-15-6/h3*7-8H2,1-6H3/q3*+1. The quantitative estimate of drug-likeness (QED) is 0.238. The van der Waals surface area contributed by atoms with E-state index < -0.39 is 0 Å². The number of hydrogen-bond donors (Lipinski definition) is 0. The molecule has 252 valence electrons. The number of nitrogens with zero attached hydrogens (tertiary/aromatic N) is 3. The molecule has 45 heavy (non-hydrogen) atoms. The molecule has 0 spiro atoms. The first kappa shape index (κ1) is 40.4. The third kappa shape index (κ3) is 8.99. The van der Waals surface area contributed by atoms with Gasteiger partial charge in [-0.25, -0.2) is 9.13 Å². The largest absolute Gasteiger partial charge is 0.380 e. The van der Waals surface area contributed by atoms with Gasteiger partial charge in [0.25, 0.3) is 0 Å². The van der Waals surface area contributed by atoms with Crippen molar-refractivity contribution < 1.29 is 27.9 Å². The number of pyridine rings is 3. The van der Waals surface area contributed by atoms with Crippen molar-refractivity contribution in [1.82, 2.24) is 0 Å². The Morgan fingerprint density at radius 1 is 0.356 bits per heavy atom. The Morgan fingerprint density at radius 3 is 1.13 bits per heavy atom. The first-order chi connectivity index (χ1) is 21.1. The molecule has 0 unspecified atom stereocenters. The van der Waals surface area contributed by atoms with Gasteiger partial charge < -0.3 is 14.2 Å². The number of rotatable bonds is 9. The van der Waals surface area contributed by atoms with E-state index in [9.17, 15) is 0 Å². The lowest BCUT2D eigenvalue weighted by Gasteiger charge is -2.13. The van der Waals surface area contributed by atoms with Crippen molar-refractivity contribution in [2.75, 3.05) is 21.3 Å². The van der Waals surface area contributed by atoms with Gasteiger partial charge in [-0.15, -0.1) is 0 Å². The van der Waals surface area contributed by atoms with Crippen LogP contribution in [0, 0.1) is 83.1 Å². The Labute approximate surface area is 276 Å². The van der Waals surface area contributed by atoms with E-state index in [0.29, 0.717) is 19.8 Å². The summed E-state index contributed by atoms with van der Waals surface area (Å²) in [4.78, 5) is 0. The van der Waals surface area contributed by atoms with Gasteiger partial charge in [0.05, 0.1) is 13.2 Å². The van der Waals surface area contributed by atoms with Crippen molar-refractivity contribution in [3.05, 3.63) is 84.2 Å². The Hall–Kier alpha value is -2.67. The van der Waals surface area contributed by atoms with Crippen LogP contribution in [0.1, 0.15) is 105 Å². The summed E-state index contributed by atoms with van der Waals surface area (Å²) in [7, 11) is 5.26. The van der Waals surface area contributed by atoms with Crippen molar-refractivity contribution in [2.45, 2.75) is 143 Å². The monoisotopic (exact) mass is 625 g/mol. The molecule has 3 aromatic heterocycles. The number of hydrogen-bond acceptors (Lipinski definition) is 3. The van der Waals surface area contributed by atoms with Crippen LogP contribution < -0.4 is 13.7 Å². The highest BCUT2D eigenvalue weighted by Crippen LogP contribution is 2.20. The van der Waals surface area contributed by atoms with E-state index in [-0.39, 0.29) is 0 Å². The van der Waals surface area contributed by atoms with E-state index in [2.05, 4.69) is 118 Å². The van der Waals surface area contributed by atoms with Gasteiger partial charge in [-0.05, 0) is 85.9 Å². The molecule has 3 heterocycles. The summed E-state index contributed by atoms with van der Waals surface area (Å²) in [6.45, 7) is 38.0. The van der Waals surface area contributed by atoms with Gasteiger partial charge in [-0.2, -0.15) is 4.57 Å². The molecule has 0 aliphatic rings. The van der Waals surface area contributed by atoms with E-state index in [1.807, 2.05) is 0 Å². The van der Waals surface area contributed by atoms with Crippen LogP contribution in [0.25, 0.3) is 0 Å². The normalized spacial score (nSPS) is 10.8. The fraction of sp³-hybridized carbons (Fsp3) is 0.615. The topological polar surface area (TPSA) is 39.3 Å².